The number of unbranched alkanes of at least 4 members (excludes halogenated alkanes) is 4. The highest BCUT2D eigenvalue weighted by Gasteiger charge is 2.19. The van der Waals surface area contributed by atoms with E-state index in [4.69, 9.17) is 5.21 Å². The third kappa shape index (κ3) is 6.98. The van der Waals surface area contributed by atoms with Crippen LogP contribution >= 0.6 is 0 Å². The summed E-state index contributed by atoms with van der Waals surface area (Å²) in [5.74, 6) is 0.0584. The molecular weight excluding hydrogens is 413 g/mol. The number of carbonyl (C=O) groups excluding carboxylic acids is 2. The Morgan fingerprint density at radius 1 is 0.875 bits per heavy atom. The van der Waals surface area contributed by atoms with Gasteiger partial charge in [0, 0.05) is 57.1 Å². The van der Waals surface area contributed by atoms with E-state index in [-0.39, 0.29) is 17.5 Å². The summed E-state index contributed by atoms with van der Waals surface area (Å²) in [5.41, 5.74) is 3.15. The lowest BCUT2D eigenvalue weighted by atomic mass is 10.1. The predicted octanol–water partition coefficient (Wildman–Crippen LogP) is 3.36. The summed E-state index contributed by atoms with van der Waals surface area (Å²) in [5, 5.41) is 8.43. The number of aromatic nitrogens is 2. The van der Waals surface area contributed by atoms with Gasteiger partial charge in [-0.2, -0.15) is 0 Å². The number of rotatable bonds is 11. The lowest BCUT2D eigenvalue weighted by Crippen LogP contribution is -2.47. The molecule has 0 spiro atoms. The van der Waals surface area contributed by atoms with Crippen LogP contribution in [0.5, 0.6) is 0 Å². The molecule has 1 aromatic carbocycles. The van der Waals surface area contributed by atoms with E-state index < -0.39 is 0 Å². The molecule has 0 saturated carbocycles. The van der Waals surface area contributed by atoms with Crippen LogP contribution in [0.3, 0.4) is 0 Å². The van der Waals surface area contributed by atoms with E-state index in [1.807, 2.05) is 0 Å². The maximum Gasteiger partial charge on any atom is 0.243 e. The van der Waals surface area contributed by atoms with Gasteiger partial charge in [-0.25, -0.2) is 19.8 Å². The van der Waals surface area contributed by atoms with Crippen molar-refractivity contribution in [3.8, 4) is 0 Å². The van der Waals surface area contributed by atoms with Crippen LogP contribution in [0, 0.1) is 5.82 Å². The predicted molar refractivity (Wildman–Crippen MR) is 119 cm³/mol. The molecule has 0 bridgehead atoms. The van der Waals surface area contributed by atoms with Crippen molar-refractivity contribution in [1.82, 2.24) is 15.4 Å². The molecule has 1 aromatic heterocycles. The topological polar surface area (TPSA) is 98.7 Å². The van der Waals surface area contributed by atoms with Gasteiger partial charge < -0.3 is 9.80 Å². The van der Waals surface area contributed by atoms with Crippen LogP contribution in [0.4, 0.5) is 16.0 Å². The molecule has 1 fully saturated rings. The van der Waals surface area contributed by atoms with Gasteiger partial charge >= 0.3 is 0 Å². The molecule has 0 unspecified atom stereocenters. The molecule has 0 radical (unpaired) electrons. The molecule has 2 N–H and O–H groups in total. The zero-order chi connectivity index (χ0) is 22.8. The van der Waals surface area contributed by atoms with E-state index >= 15 is 0 Å². The third-order valence-electron chi connectivity index (χ3n) is 5.65. The molecule has 1 aliphatic heterocycles. The summed E-state index contributed by atoms with van der Waals surface area (Å²) in [6.07, 6.45) is 8.26. The van der Waals surface area contributed by atoms with Crippen LogP contribution in [0.25, 0.3) is 0 Å². The highest BCUT2D eigenvalue weighted by Crippen LogP contribution is 2.19. The van der Waals surface area contributed by atoms with Crippen molar-refractivity contribution < 1.29 is 19.2 Å². The largest absolute Gasteiger partial charge is 0.368 e. The summed E-state index contributed by atoms with van der Waals surface area (Å²) >= 11 is 0. The van der Waals surface area contributed by atoms with E-state index in [0.717, 1.165) is 64.0 Å². The maximum atomic E-state index is 13.1. The number of amides is 1. The van der Waals surface area contributed by atoms with Gasteiger partial charge in [0.05, 0.1) is 5.56 Å². The zero-order valence-electron chi connectivity index (χ0n) is 18.2. The van der Waals surface area contributed by atoms with Crippen LogP contribution in [0.15, 0.2) is 36.7 Å². The van der Waals surface area contributed by atoms with Crippen LogP contribution in [-0.4, -0.2) is 53.0 Å². The Hall–Kier alpha value is -3.07. The second-order valence-corrected chi connectivity index (χ2v) is 7.95. The quantitative estimate of drug-likeness (QED) is 0.238. The van der Waals surface area contributed by atoms with Gasteiger partial charge in [0.15, 0.2) is 5.78 Å². The van der Waals surface area contributed by atoms with Crippen molar-refractivity contribution in [3.05, 3.63) is 48.0 Å². The number of anilines is 2. The number of hydroxylamine groups is 1. The average molecular weight is 444 g/mol. The highest BCUT2D eigenvalue weighted by atomic mass is 19.1. The Kier molecular flexibility index (Phi) is 8.91. The number of carbonyl (C=O) groups is 2. The van der Waals surface area contributed by atoms with E-state index in [0.29, 0.717) is 24.4 Å². The highest BCUT2D eigenvalue weighted by molar-refractivity contribution is 5.95. The fraction of sp³-hybridized carbons (Fsp3) is 0.478. The standard InChI is InChI=1S/C23H30FN5O3/c24-19-8-10-20(11-9-19)28-12-14-29(15-13-28)23-25-16-18(17-26-23)21(30)6-4-2-1-3-5-7-22(31)27-32/h8-11,16-17,32H,1-7,12-15H2,(H,27,31). The van der Waals surface area contributed by atoms with Gasteiger partial charge in [-0.05, 0) is 37.1 Å². The second kappa shape index (κ2) is 12.1. The normalized spacial score (nSPS) is 13.8. The van der Waals surface area contributed by atoms with Gasteiger partial charge in [0.1, 0.15) is 5.82 Å². The van der Waals surface area contributed by atoms with Gasteiger partial charge in [-0.1, -0.05) is 19.3 Å². The van der Waals surface area contributed by atoms with E-state index in [1.54, 1.807) is 30.0 Å². The van der Waals surface area contributed by atoms with Gasteiger partial charge in [0.25, 0.3) is 0 Å². The molecule has 1 amide bonds. The minimum Gasteiger partial charge on any atom is -0.368 e. The van der Waals surface area contributed by atoms with E-state index in [1.165, 1.54) is 12.1 Å². The molecule has 8 nitrogen and oxygen atoms in total. The molecule has 1 saturated heterocycles. The average Bonchev–Trinajstić information content (AvgIpc) is 2.84. The molecule has 2 heterocycles. The van der Waals surface area contributed by atoms with Crippen LogP contribution in [0.2, 0.25) is 0 Å². The van der Waals surface area contributed by atoms with Crippen LogP contribution in [0.1, 0.15) is 55.3 Å². The Bertz CT molecular complexity index is 868. The first-order valence-corrected chi connectivity index (χ1v) is 11.1. The minimum atomic E-state index is -0.363. The maximum absolute atomic E-state index is 13.1. The smallest absolute Gasteiger partial charge is 0.243 e. The van der Waals surface area contributed by atoms with Crippen molar-refractivity contribution in [2.75, 3.05) is 36.0 Å². The second-order valence-electron chi connectivity index (χ2n) is 7.95. The lowest BCUT2D eigenvalue weighted by Gasteiger charge is -2.36. The molecule has 32 heavy (non-hydrogen) atoms. The summed E-state index contributed by atoms with van der Waals surface area (Å²) in [6, 6.07) is 6.52. The van der Waals surface area contributed by atoms with Crippen molar-refractivity contribution in [2.45, 2.75) is 44.9 Å². The van der Waals surface area contributed by atoms with Crippen LogP contribution in [-0.2, 0) is 4.79 Å². The molecule has 172 valence electrons. The fourth-order valence-corrected chi connectivity index (χ4v) is 3.75. The number of hydrogen-bond acceptors (Lipinski definition) is 7. The molecular formula is C23H30FN5O3. The number of nitrogens with zero attached hydrogens (tertiary/aromatic N) is 4. The molecule has 2 aromatic rings. The van der Waals surface area contributed by atoms with E-state index in [9.17, 15) is 14.0 Å². The molecule has 1 aliphatic rings. The summed E-state index contributed by atoms with van der Waals surface area (Å²) < 4.78 is 13.1. The van der Waals surface area contributed by atoms with E-state index in [2.05, 4.69) is 19.8 Å². The Balaban J connectivity index is 1.37. The third-order valence-corrected chi connectivity index (χ3v) is 5.65. The first-order valence-electron chi connectivity index (χ1n) is 11.1. The van der Waals surface area contributed by atoms with Crippen molar-refractivity contribution in [2.24, 2.45) is 0 Å². The van der Waals surface area contributed by atoms with Gasteiger partial charge in [-0.3, -0.25) is 14.8 Å². The lowest BCUT2D eigenvalue weighted by molar-refractivity contribution is -0.129. The number of halogens is 1. The van der Waals surface area contributed by atoms with Gasteiger partial charge in [0.2, 0.25) is 11.9 Å². The minimum absolute atomic E-state index is 0.0392. The Morgan fingerprint density at radius 3 is 2.06 bits per heavy atom. The fourth-order valence-electron chi connectivity index (χ4n) is 3.75. The SMILES string of the molecule is O=C(CCCCCCCC(=O)c1cnc(N2CCN(c3ccc(F)cc3)CC2)nc1)NO. The molecule has 0 atom stereocenters. The molecule has 3 rings (SSSR count). The van der Waals surface area contributed by atoms with Crippen molar-refractivity contribution >= 4 is 23.3 Å². The molecule has 0 aliphatic carbocycles. The number of Topliss-reactive ketones (excluding diaryl/α,β-unsaturated/α-hetero) is 1. The summed E-state index contributed by atoms with van der Waals surface area (Å²) in [4.78, 5) is 36.4. The van der Waals surface area contributed by atoms with Crippen LogP contribution < -0.4 is 15.3 Å². The number of benzene rings is 1. The zero-order valence-corrected chi connectivity index (χ0v) is 18.2. The number of hydrogen-bond donors (Lipinski definition) is 2. The number of piperazine rings is 1. The summed E-state index contributed by atoms with van der Waals surface area (Å²) in [7, 11) is 0. The van der Waals surface area contributed by atoms with Crippen molar-refractivity contribution in [3.63, 3.8) is 0 Å². The number of nitrogens with one attached hydrogen (secondary N) is 1. The number of ketones is 1. The first kappa shape index (κ1) is 23.6. The first-order chi connectivity index (χ1) is 15.6. The Morgan fingerprint density at radius 2 is 1.44 bits per heavy atom. The summed E-state index contributed by atoms with van der Waals surface area (Å²) in [6.45, 7) is 3.09. The van der Waals surface area contributed by atoms with Crippen molar-refractivity contribution in [1.29, 1.82) is 0 Å². The molecule has 9 heteroatoms. The monoisotopic (exact) mass is 443 g/mol. The Labute approximate surface area is 187 Å². The van der Waals surface area contributed by atoms with Gasteiger partial charge in [-0.15, -0.1) is 0 Å².